The summed E-state index contributed by atoms with van der Waals surface area (Å²) < 4.78 is 10.9. The van der Waals surface area contributed by atoms with Gasteiger partial charge in [0.2, 0.25) is 0 Å². The first-order valence-corrected chi connectivity index (χ1v) is 9.36. The van der Waals surface area contributed by atoms with Gasteiger partial charge in [0, 0.05) is 23.1 Å². The summed E-state index contributed by atoms with van der Waals surface area (Å²) in [5, 5.41) is 0.702. The molecule has 25 heavy (non-hydrogen) atoms. The Hall–Kier alpha value is -1.80. The summed E-state index contributed by atoms with van der Waals surface area (Å²) in [6.45, 7) is 4.83. The van der Waals surface area contributed by atoms with Crippen molar-refractivity contribution in [2.45, 2.75) is 13.8 Å². The van der Waals surface area contributed by atoms with Crippen LogP contribution in [0.25, 0.3) is 6.08 Å². The molecule has 0 aromatic heterocycles. The van der Waals surface area contributed by atoms with Crippen molar-refractivity contribution in [3.05, 3.63) is 33.1 Å². The van der Waals surface area contributed by atoms with Gasteiger partial charge in [-0.25, -0.2) is 4.79 Å². The van der Waals surface area contributed by atoms with Gasteiger partial charge in [0.05, 0.1) is 12.0 Å². The van der Waals surface area contributed by atoms with E-state index in [1.54, 1.807) is 23.1 Å². The maximum atomic E-state index is 12.6. The molecule has 1 heterocycles. The van der Waals surface area contributed by atoms with Crippen LogP contribution in [0.1, 0.15) is 19.4 Å². The molecule has 2 rings (SSSR count). The van der Waals surface area contributed by atoms with E-state index in [2.05, 4.69) is 25.7 Å². The molecule has 0 atom stereocenters. The lowest BCUT2D eigenvalue weighted by Crippen LogP contribution is -2.28. The van der Waals surface area contributed by atoms with Gasteiger partial charge in [0.15, 0.2) is 11.8 Å². The lowest BCUT2D eigenvalue weighted by molar-refractivity contribution is -0.142. The largest absolute Gasteiger partial charge is 0.481 e. The highest BCUT2D eigenvalue weighted by Gasteiger charge is 2.32. The number of hydrogen-bond donors (Lipinski definition) is 0. The van der Waals surface area contributed by atoms with Crippen molar-refractivity contribution in [1.29, 1.82) is 0 Å². The molecule has 1 amide bonds. The average molecular weight is 427 g/mol. The van der Waals surface area contributed by atoms with E-state index in [0.717, 1.165) is 4.47 Å². The quantitative estimate of drug-likeness (QED) is 0.515. The van der Waals surface area contributed by atoms with E-state index >= 15 is 0 Å². The van der Waals surface area contributed by atoms with Gasteiger partial charge in [-0.05, 0) is 49.9 Å². The van der Waals surface area contributed by atoms with Crippen molar-refractivity contribution in [2.24, 2.45) is 4.99 Å². The van der Waals surface area contributed by atoms with E-state index in [1.165, 1.54) is 18.9 Å². The first-order chi connectivity index (χ1) is 12.0. The molecule has 0 N–H and O–H groups in total. The van der Waals surface area contributed by atoms with Crippen molar-refractivity contribution in [3.8, 4) is 5.75 Å². The molecular weight excluding hydrogens is 408 g/mol. The number of benzene rings is 1. The standard InChI is InChI=1S/C17H19BrN2O4S/c1-4-19-17-20(5-2)16(22)14(25-17)9-11-8-12(18)6-7-13(11)24-10-15(21)23-3/h6-9H,4-5,10H2,1-3H3/b14-9+,19-17?. The lowest BCUT2D eigenvalue weighted by Gasteiger charge is -2.11. The number of nitrogens with zero attached hydrogens (tertiary/aromatic N) is 2. The monoisotopic (exact) mass is 426 g/mol. The van der Waals surface area contributed by atoms with Gasteiger partial charge in [-0.3, -0.25) is 14.7 Å². The molecule has 0 saturated carbocycles. The Bertz CT molecular complexity index is 733. The van der Waals surface area contributed by atoms with Crippen molar-refractivity contribution < 1.29 is 19.1 Å². The molecule has 0 aliphatic carbocycles. The summed E-state index contributed by atoms with van der Waals surface area (Å²) >= 11 is 4.75. The van der Waals surface area contributed by atoms with E-state index < -0.39 is 5.97 Å². The Morgan fingerprint density at radius 3 is 2.80 bits per heavy atom. The first-order valence-electron chi connectivity index (χ1n) is 7.75. The molecule has 1 fully saturated rings. The Balaban J connectivity index is 2.33. The topological polar surface area (TPSA) is 68.2 Å². The summed E-state index contributed by atoms with van der Waals surface area (Å²) in [6.07, 6.45) is 1.76. The third kappa shape index (κ3) is 4.85. The van der Waals surface area contributed by atoms with E-state index in [1.807, 2.05) is 19.9 Å². The van der Waals surface area contributed by atoms with Gasteiger partial charge >= 0.3 is 5.97 Å². The molecule has 1 aromatic rings. The number of hydrogen-bond acceptors (Lipinski definition) is 6. The van der Waals surface area contributed by atoms with Gasteiger partial charge in [-0.15, -0.1) is 0 Å². The van der Waals surface area contributed by atoms with Crippen molar-refractivity contribution in [3.63, 3.8) is 0 Å². The Morgan fingerprint density at radius 2 is 2.16 bits per heavy atom. The molecule has 134 valence electrons. The van der Waals surface area contributed by atoms with Crippen LogP contribution in [0.3, 0.4) is 0 Å². The van der Waals surface area contributed by atoms with Crippen LogP contribution < -0.4 is 4.74 Å². The first kappa shape index (κ1) is 19.5. The molecule has 1 aliphatic heterocycles. The van der Waals surface area contributed by atoms with Crippen LogP contribution in [-0.4, -0.2) is 48.8 Å². The molecule has 8 heteroatoms. The third-order valence-corrected chi connectivity index (χ3v) is 4.87. The SMILES string of the molecule is CCN=C1S/C(=C/c2cc(Br)ccc2OCC(=O)OC)C(=O)N1CC. The Morgan fingerprint density at radius 1 is 1.40 bits per heavy atom. The van der Waals surface area contributed by atoms with E-state index in [9.17, 15) is 9.59 Å². The fourth-order valence-corrected chi connectivity index (χ4v) is 3.62. The minimum Gasteiger partial charge on any atom is -0.481 e. The van der Waals surface area contributed by atoms with Crippen LogP contribution in [0.5, 0.6) is 5.75 Å². The number of rotatable bonds is 6. The second-order valence-electron chi connectivity index (χ2n) is 4.96. The van der Waals surface area contributed by atoms with Gasteiger partial charge in [0.1, 0.15) is 5.75 Å². The fourth-order valence-electron chi connectivity index (χ4n) is 2.14. The zero-order valence-corrected chi connectivity index (χ0v) is 16.6. The number of amidine groups is 1. The van der Waals surface area contributed by atoms with E-state index in [0.29, 0.717) is 34.5 Å². The predicted molar refractivity (Wildman–Crippen MR) is 103 cm³/mol. The number of carbonyl (C=O) groups is 2. The summed E-state index contributed by atoms with van der Waals surface area (Å²) in [5.41, 5.74) is 0.697. The second-order valence-corrected chi connectivity index (χ2v) is 6.89. The number of likely N-dealkylation sites (N-methyl/N-ethyl adjacent to an activating group) is 1. The molecule has 0 radical (unpaired) electrons. The number of methoxy groups -OCH3 is 1. The summed E-state index contributed by atoms with van der Waals surface area (Å²) in [5.74, 6) is -0.0561. The summed E-state index contributed by atoms with van der Waals surface area (Å²) in [4.78, 5) is 30.4. The van der Waals surface area contributed by atoms with Crippen LogP contribution >= 0.6 is 27.7 Å². The van der Waals surface area contributed by atoms with Crippen LogP contribution in [0, 0.1) is 0 Å². The Kier molecular flexibility index (Phi) is 7.07. The van der Waals surface area contributed by atoms with Crippen LogP contribution in [0.4, 0.5) is 0 Å². The number of carbonyl (C=O) groups excluding carboxylic acids is 2. The second kappa shape index (κ2) is 9.05. The van der Waals surface area contributed by atoms with Crippen LogP contribution in [-0.2, 0) is 14.3 Å². The molecule has 6 nitrogen and oxygen atoms in total. The molecule has 0 spiro atoms. The maximum absolute atomic E-state index is 12.6. The van der Waals surface area contributed by atoms with Crippen LogP contribution in [0.2, 0.25) is 0 Å². The molecular formula is C17H19BrN2O4S. The molecule has 1 saturated heterocycles. The third-order valence-electron chi connectivity index (χ3n) is 3.33. The summed E-state index contributed by atoms with van der Waals surface area (Å²) in [7, 11) is 1.30. The summed E-state index contributed by atoms with van der Waals surface area (Å²) in [6, 6.07) is 5.38. The zero-order chi connectivity index (χ0) is 18.4. The number of esters is 1. The minimum absolute atomic E-state index is 0.0846. The fraction of sp³-hybridized carbons (Fsp3) is 0.353. The number of ether oxygens (including phenoxy) is 2. The minimum atomic E-state index is -0.470. The molecule has 1 aromatic carbocycles. The highest BCUT2D eigenvalue weighted by molar-refractivity contribution is 9.10. The van der Waals surface area contributed by atoms with Crippen molar-refractivity contribution in [2.75, 3.05) is 26.8 Å². The number of aliphatic imine (C=N–C) groups is 1. The van der Waals surface area contributed by atoms with Crippen molar-refractivity contribution >= 4 is 50.8 Å². The number of amides is 1. The van der Waals surface area contributed by atoms with Crippen LogP contribution in [0.15, 0.2) is 32.6 Å². The number of halogens is 1. The lowest BCUT2D eigenvalue weighted by atomic mass is 10.2. The molecule has 0 unspecified atom stereocenters. The molecule has 0 bridgehead atoms. The predicted octanol–water partition coefficient (Wildman–Crippen LogP) is 3.31. The molecule has 1 aliphatic rings. The van der Waals surface area contributed by atoms with Crippen molar-refractivity contribution in [1.82, 2.24) is 4.90 Å². The van der Waals surface area contributed by atoms with Gasteiger partial charge < -0.3 is 9.47 Å². The average Bonchev–Trinajstić information content (AvgIpc) is 2.89. The van der Waals surface area contributed by atoms with E-state index in [-0.39, 0.29) is 12.5 Å². The van der Waals surface area contributed by atoms with Gasteiger partial charge in [-0.1, -0.05) is 15.9 Å². The van der Waals surface area contributed by atoms with Gasteiger partial charge in [-0.2, -0.15) is 0 Å². The van der Waals surface area contributed by atoms with E-state index in [4.69, 9.17) is 4.74 Å². The zero-order valence-electron chi connectivity index (χ0n) is 14.2. The maximum Gasteiger partial charge on any atom is 0.343 e. The number of thioether (sulfide) groups is 1. The highest BCUT2D eigenvalue weighted by atomic mass is 79.9. The Labute approximate surface area is 159 Å². The smallest absolute Gasteiger partial charge is 0.343 e. The highest BCUT2D eigenvalue weighted by Crippen LogP contribution is 2.35. The normalized spacial score (nSPS) is 17.4. The van der Waals surface area contributed by atoms with Gasteiger partial charge in [0.25, 0.3) is 5.91 Å².